The van der Waals surface area contributed by atoms with Crippen molar-refractivity contribution in [3.8, 4) is 0 Å². The van der Waals surface area contributed by atoms with E-state index >= 15 is 0 Å². The molecule has 1 amide bonds. The van der Waals surface area contributed by atoms with Gasteiger partial charge in [-0.3, -0.25) is 4.79 Å². The topological polar surface area (TPSA) is 43.1 Å². The lowest BCUT2D eigenvalue weighted by Crippen LogP contribution is -2.18. The van der Waals surface area contributed by atoms with Crippen LogP contribution in [-0.2, 0) is 17.6 Å². The van der Waals surface area contributed by atoms with E-state index in [4.69, 9.17) is 5.73 Å². The van der Waals surface area contributed by atoms with Gasteiger partial charge in [0.2, 0.25) is 5.91 Å². The van der Waals surface area contributed by atoms with Crippen molar-refractivity contribution in [3.05, 3.63) is 65.2 Å². The first-order valence-electron chi connectivity index (χ1n) is 6.87. The van der Waals surface area contributed by atoms with Crippen LogP contribution in [0.2, 0.25) is 0 Å². The molecule has 3 heteroatoms. The molecular formula is C17H17NOS. The number of fused-ring (bicyclic) bond motifs is 1. The quantitative estimate of drug-likeness (QED) is 0.873. The Bertz CT molecular complexity index is 624. The zero-order valence-electron chi connectivity index (χ0n) is 11.2. The summed E-state index contributed by atoms with van der Waals surface area (Å²) in [6.07, 6.45) is 3.57. The van der Waals surface area contributed by atoms with Crippen molar-refractivity contribution in [2.75, 3.05) is 0 Å². The van der Waals surface area contributed by atoms with E-state index < -0.39 is 0 Å². The van der Waals surface area contributed by atoms with Crippen LogP contribution in [0.25, 0.3) is 0 Å². The maximum Gasteiger partial charge on any atom is 0.235 e. The van der Waals surface area contributed by atoms with Gasteiger partial charge in [0.25, 0.3) is 0 Å². The molecule has 3 rings (SSSR count). The number of hydrogen-bond donors (Lipinski definition) is 1. The molecule has 2 aromatic rings. The van der Waals surface area contributed by atoms with Gasteiger partial charge < -0.3 is 5.73 Å². The van der Waals surface area contributed by atoms with Gasteiger partial charge in [-0.2, -0.15) is 0 Å². The molecule has 0 bridgehead atoms. The van der Waals surface area contributed by atoms with E-state index in [1.807, 2.05) is 30.3 Å². The number of rotatable bonds is 4. The summed E-state index contributed by atoms with van der Waals surface area (Å²) in [5.41, 5.74) is 9.40. The third-order valence-electron chi connectivity index (χ3n) is 3.68. The molecule has 0 fully saturated rings. The van der Waals surface area contributed by atoms with Crippen LogP contribution >= 0.6 is 11.8 Å². The predicted octanol–water partition coefficient (Wildman–Crippen LogP) is 3.49. The second-order valence-corrected chi connectivity index (χ2v) is 6.27. The minimum absolute atomic E-state index is 0.290. The second kappa shape index (κ2) is 5.71. The number of primary amides is 1. The lowest BCUT2D eigenvalue weighted by Gasteiger charge is -2.14. The molecular weight excluding hydrogens is 266 g/mol. The number of aryl methyl sites for hydroxylation is 2. The fourth-order valence-electron chi connectivity index (χ4n) is 2.68. The average Bonchev–Trinajstić information content (AvgIpc) is 2.93. The average molecular weight is 283 g/mol. The molecule has 102 valence electrons. The summed E-state index contributed by atoms with van der Waals surface area (Å²) in [4.78, 5) is 12.9. The summed E-state index contributed by atoms with van der Waals surface area (Å²) in [6, 6.07) is 16.2. The standard InChI is InChI=1S/C17H17NOS/c18-17(19)16(13-5-2-1-3-6-13)20-15-10-9-12-7-4-8-14(12)11-15/h1-3,5-6,9-11,16H,4,7-8H2,(H2,18,19). The van der Waals surface area contributed by atoms with Crippen LogP contribution in [0.1, 0.15) is 28.4 Å². The number of carbonyl (C=O) groups is 1. The van der Waals surface area contributed by atoms with E-state index in [1.54, 1.807) is 11.8 Å². The molecule has 1 aliphatic carbocycles. The predicted molar refractivity (Wildman–Crippen MR) is 82.7 cm³/mol. The molecule has 2 aromatic carbocycles. The third kappa shape index (κ3) is 2.73. The molecule has 0 aliphatic heterocycles. The largest absolute Gasteiger partial charge is 0.368 e. The summed E-state index contributed by atoms with van der Waals surface area (Å²) >= 11 is 1.54. The van der Waals surface area contributed by atoms with Crippen molar-refractivity contribution >= 4 is 17.7 Å². The van der Waals surface area contributed by atoms with E-state index in [0.29, 0.717) is 0 Å². The first-order valence-corrected chi connectivity index (χ1v) is 7.75. The minimum atomic E-state index is -0.323. The van der Waals surface area contributed by atoms with Gasteiger partial charge in [-0.1, -0.05) is 36.4 Å². The molecule has 2 N–H and O–H groups in total. The number of hydrogen-bond acceptors (Lipinski definition) is 2. The molecule has 1 atom stereocenters. The van der Waals surface area contributed by atoms with Crippen LogP contribution in [0.3, 0.4) is 0 Å². The monoisotopic (exact) mass is 283 g/mol. The van der Waals surface area contributed by atoms with Gasteiger partial charge in [0.15, 0.2) is 0 Å². The van der Waals surface area contributed by atoms with Gasteiger partial charge in [-0.05, 0) is 48.1 Å². The lowest BCUT2D eigenvalue weighted by molar-refractivity contribution is -0.117. The minimum Gasteiger partial charge on any atom is -0.368 e. The molecule has 0 aromatic heterocycles. The molecule has 0 saturated heterocycles. The summed E-state index contributed by atoms with van der Waals surface area (Å²) < 4.78 is 0. The third-order valence-corrected chi connectivity index (χ3v) is 4.95. The van der Waals surface area contributed by atoms with Crippen molar-refractivity contribution < 1.29 is 4.79 Å². The number of nitrogens with two attached hydrogens (primary N) is 1. The molecule has 20 heavy (non-hydrogen) atoms. The van der Waals surface area contributed by atoms with Crippen LogP contribution in [0.5, 0.6) is 0 Å². The van der Waals surface area contributed by atoms with Crippen LogP contribution in [0, 0.1) is 0 Å². The van der Waals surface area contributed by atoms with Gasteiger partial charge in [0, 0.05) is 4.90 Å². The van der Waals surface area contributed by atoms with E-state index in [2.05, 4.69) is 18.2 Å². The first kappa shape index (κ1) is 13.3. The van der Waals surface area contributed by atoms with Crippen molar-refractivity contribution in [1.29, 1.82) is 0 Å². The Balaban J connectivity index is 1.86. The number of benzene rings is 2. The van der Waals surface area contributed by atoms with E-state index in [1.165, 1.54) is 24.0 Å². The van der Waals surface area contributed by atoms with Gasteiger partial charge in [-0.25, -0.2) is 0 Å². The van der Waals surface area contributed by atoms with Gasteiger partial charge in [-0.15, -0.1) is 11.8 Å². The second-order valence-electron chi connectivity index (χ2n) is 5.10. The maximum absolute atomic E-state index is 11.7. The summed E-state index contributed by atoms with van der Waals surface area (Å²) in [6.45, 7) is 0. The number of thioether (sulfide) groups is 1. The highest BCUT2D eigenvalue weighted by Crippen LogP contribution is 2.37. The molecule has 2 nitrogen and oxygen atoms in total. The highest BCUT2D eigenvalue weighted by atomic mass is 32.2. The first-order chi connectivity index (χ1) is 9.74. The van der Waals surface area contributed by atoms with Gasteiger partial charge in [0.1, 0.15) is 5.25 Å². The van der Waals surface area contributed by atoms with Crippen molar-refractivity contribution in [3.63, 3.8) is 0 Å². The Kier molecular flexibility index (Phi) is 3.79. The van der Waals surface area contributed by atoms with E-state index in [-0.39, 0.29) is 11.2 Å². The zero-order valence-corrected chi connectivity index (χ0v) is 12.0. The number of carbonyl (C=O) groups excluding carboxylic acids is 1. The van der Waals surface area contributed by atoms with E-state index in [0.717, 1.165) is 16.9 Å². The molecule has 1 aliphatic rings. The Hall–Kier alpha value is -1.74. The Labute approximate surface area is 123 Å². The van der Waals surface area contributed by atoms with Crippen molar-refractivity contribution in [2.24, 2.45) is 5.73 Å². The smallest absolute Gasteiger partial charge is 0.235 e. The van der Waals surface area contributed by atoms with E-state index in [9.17, 15) is 4.79 Å². The number of amides is 1. The lowest BCUT2D eigenvalue weighted by atomic mass is 10.1. The summed E-state index contributed by atoms with van der Waals surface area (Å²) in [5, 5.41) is -0.323. The van der Waals surface area contributed by atoms with Gasteiger partial charge >= 0.3 is 0 Å². The fourth-order valence-corrected chi connectivity index (χ4v) is 3.71. The Morgan fingerprint density at radius 1 is 1.05 bits per heavy atom. The highest BCUT2D eigenvalue weighted by Gasteiger charge is 2.20. The van der Waals surface area contributed by atoms with Crippen LogP contribution < -0.4 is 5.73 Å². The summed E-state index contributed by atoms with van der Waals surface area (Å²) in [5.74, 6) is -0.290. The Morgan fingerprint density at radius 2 is 1.80 bits per heavy atom. The highest BCUT2D eigenvalue weighted by molar-refractivity contribution is 8.00. The van der Waals surface area contributed by atoms with Crippen LogP contribution in [0.4, 0.5) is 0 Å². The SMILES string of the molecule is NC(=O)C(Sc1ccc2c(c1)CCC2)c1ccccc1. The summed E-state index contributed by atoms with van der Waals surface area (Å²) in [7, 11) is 0. The molecule has 0 heterocycles. The molecule has 1 unspecified atom stereocenters. The molecule has 0 radical (unpaired) electrons. The fraction of sp³-hybridized carbons (Fsp3) is 0.235. The van der Waals surface area contributed by atoms with Crippen LogP contribution in [0.15, 0.2) is 53.4 Å². The van der Waals surface area contributed by atoms with Gasteiger partial charge in [0.05, 0.1) is 0 Å². The van der Waals surface area contributed by atoms with Crippen molar-refractivity contribution in [1.82, 2.24) is 0 Å². The van der Waals surface area contributed by atoms with Crippen molar-refractivity contribution in [2.45, 2.75) is 29.4 Å². The molecule has 0 saturated carbocycles. The Morgan fingerprint density at radius 3 is 2.55 bits per heavy atom. The maximum atomic E-state index is 11.7. The van der Waals surface area contributed by atoms with Crippen LogP contribution in [-0.4, -0.2) is 5.91 Å². The molecule has 0 spiro atoms. The normalized spacial score (nSPS) is 14.8. The zero-order chi connectivity index (χ0) is 13.9.